The van der Waals surface area contributed by atoms with E-state index in [0.29, 0.717) is 29.9 Å². The Morgan fingerprint density at radius 3 is 2.74 bits per heavy atom. The normalized spacial score (nSPS) is 27.4. The molecule has 19 heavy (non-hydrogen) atoms. The molecule has 0 spiro atoms. The molecular formula is C15H20O4. The van der Waals surface area contributed by atoms with Crippen molar-refractivity contribution in [3.05, 3.63) is 23.3 Å². The lowest BCUT2D eigenvalue weighted by molar-refractivity contribution is -0.140. The summed E-state index contributed by atoms with van der Waals surface area (Å²) >= 11 is 0. The summed E-state index contributed by atoms with van der Waals surface area (Å²) in [6.45, 7) is 3.95. The number of cyclic esters (lactones) is 1. The Kier molecular flexibility index (Phi) is 4.20. The maximum absolute atomic E-state index is 11.9. The van der Waals surface area contributed by atoms with E-state index in [1.807, 2.05) is 6.08 Å². The Morgan fingerprint density at radius 2 is 2.16 bits per heavy atom. The number of esters is 1. The van der Waals surface area contributed by atoms with E-state index in [0.717, 1.165) is 6.42 Å². The van der Waals surface area contributed by atoms with E-state index in [1.165, 1.54) is 0 Å². The summed E-state index contributed by atoms with van der Waals surface area (Å²) in [6.07, 6.45) is 5.19. The number of Topliss-reactive ketones (excluding diaryl/α,β-unsaturated/α-hetero) is 1. The second kappa shape index (κ2) is 5.70. The number of hydrogen-bond donors (Lipinski definition) is 1. The van der Waals surface area contributed by atoms with Crippen LogP contribution in [0.4, 0.5) is 0 Å². The monoisotopic (exact) mass is 264 g/mol. The molecule has 0 aromatic heterocycles. The maximum Gasteiger partial charge on any atom is 0.334 e. The number of aliphatic hydroxyl groups excluding tert-OH is 1. The van der Waals surface area contributed by atoms with Gasteiger partial charge in [0.2, 0.25) is 0 Å². The number of allylic oxidation sites excluding steroid dienone is 1. The molecule has 0 radical (unpaired) electrons. The van der Waals surface area contributed by atoms with Crippen molar-refractivity contribution >= 4 is 11.8 Å². The van der Waals surface area contributed by atoms with Crippen molar-refractivity contribution in [3.8, 4) is 0 Å². The Balaban J connectivity index is 2.08. The van der Waals surface area contributed by atoms with Gasteiger partial charge in [0.1, 0.15) is 6.10 Å². The van der Waals surface area contributed by atoms with Gasteiger partial charge >= 0.3 is 5.97 Å². The van der Waals surface area contributed by atoms with Gasteiger partial charge in [-0.3, -0.25) is 4.79 Å². The van der Waals surface area contributed by atoms with E-state index < -0.39 is 0 Å². The molecule has 2 rings (SSSR count). The summed E-state index contributed by atoms with van der Waals surface area (Å²) in [6, 6.07) is 0. The lowest BCUT2D eigenvalue weighted by Gasteiger charge is -2.19. The zero-order chi connectivity index (χ0) is 14.0. The van der Waals surface area contributed by atoms with E-state index in [-0.39, 0.29) is 30.4 Å². The largest absolute Gasteiger partial charge is 0.455 e. The molecule has 4 nitrogen and oxygen atoms in total. The van der Waals surface area contributed by atoms with Crippen molar-refractivity contribution in [2.45, 2.75) is 39.2 Å². The van der Waals surface area contributed by atoms with Gasteiger partial charge in [-0.25, -0.2) is 4.79 Å². The third-order valence-electron chi connectivity index (χ3n) is 3.61. The maximum atomic E-state index is 11.9. The predicted molar refractivity (Wildman–Crippen MR) is 70.3 cm³/mol. The number of hydrogen-bond acceptors (Lipinski definition) is 4. The van der Waals surface area contributed by atoms with Crippen LogP contribution < -0.4 is 0 Å². The molecule has 0 saturated carbocycles. The Bertz CT molecular complexity index is 445. The molecule has 1 aliphatic heterocycles. The zero-order valence-corrected chi connectivity index (χ0v) is 11.4. The number of rotatable bonds is 4. The van der Waals surface area contributed by atoms with Crippen LogP contribution in [0, 0.1) is 11.8 Å². The minimum Gasteiger partial charge on any atom is -0.455 e. The van der Waals surface area contributed by atoms with Gasteiger partial charge in [-0.05, 0) is 24.8 Å². The molecule has 0 fully saturated rings. The van der Waals surface area contributed by atoms with E-state index in [4.69, 9.17) is 9.84 Å². The molecule has 0 aromatic carbocycles. The smallest absolute Gasteiger partial charge is 0.334 e. The van der Waals surface area contributed by atoms with E-state index >= 15 is 0 Å². The van der Waals surface area contributed by atoms with Gasteiger partial charge in [-0.15, -0.1) is 0 Å². The fourth-order valence-electron chi connectivity index (χ4n) is 2.62. The molecule has 0 bridgehead atoms. The predicted octanol–water partition coefficient (Wildman–Crippen LogP) is 1.78. The van der Waals surface area contributed by atoms with Crippen LogP contribution >= 0.6 is 0 Å². The number of aliphatic hydroxyl groups is 1. The Labute approximate surface area is 113 Å². The van der Waals surface area contributed by atoms with Crippen LogP contribution in [0.25, 0.3) is 0 Å². The molecule has 1 N–H and O–H groups in total. The second-order valence-electron chi connectivity index (χ2n) is 5.64. The number of ether oxygens (including phenoxy) is 1. The van der Waals surface area contributed by atoms with Gasteiger partial charge in [0.05, 0.1) is 6.61 Å². The molecule has 0 unspecified atom stereocenters. The highest BCUT2D eigenvalue weighted by Gasteiger charge is 2.34. The summed E-state index contributed by atoms with van der Waals surface area (Å²) in [7, 11) is 0. The van der Waals surface area contributed by atoms with Crippen LogP contribution in [-0.2, 0) is 14.3 Å². The van der Waals surface area contributed by atoms with Gasteiger partial charge in [-0.1, -0.05) is 19.9 Å². The lowest BCUT2D eigenvalue weighted by Crippen LogP contribution is -2.21. The molecule has 104 valence electrons. The highest BCUT2D eigenvalue weighted by Crippen LogP contribution is 2.32. The van der Waals surface area contributed by atoms with Crippen molar-refractivity contribution in [1.29, 1.82) is 0 Å². The molecule has 2 aliphatic rings. The molecule has 1 aliphatic carbocycles. The minimum absolute atomic E-state index is 0.0697. The standard InChI is InChI=1S/C15H20O4/c1-9(2)5-12-7-13(15(18)19-12)10-3-4-11(8-16)14(17)6-10/h4,7,9-10,12,16H,3,5-6,8H2,1-2H3/t10-,12+/m0/s1. The minimum atomic E-state index is -0.288. The van der Waals surface area contributed by atoms with Crippen LogP contribution in [0.2, 0.25) is 0 Å². The topological polar surface area (TPSA) is 63.6 Å². The molecular weight excluding hydrogens is 244 g/mol. The summed E-state index contributed by atoms with van der Waals surface area (Å²) in [5.41, 5.74) is 1.09. The second-order valence-corrected chi connectivity index (χ2v) is 5.64. The molecule has 0 aromatic rings. The van der Waals surface area contributed by atoms with Crippen LogP contribution in [-0.4, -0.2) is 29.6 Å². The molecule has 0 saturated heterocycles. The fraction of sp³-hybridized carbons (Fsp3) is 0.600. The van der Waals surface area contributed by atoms with Crippen LogP contribution in [0.5, 0.6) is 0 Å². The van der Waals surface area contributed by atoms with E-state index in [9.17, 15) is 9.59 Å². The van der Waals surface area contributed by atoms with Crippen LogP contribution in [0.1, 0.15) is 33.1 Å². The number of carbonyl (C=O) groups excluding carboxylic acids is 2. The fourth-order valence-corrected chi connectivity index (χ4v) is 2.62. The van der Waals surface area contributed by atoms with E-state index in [1.54, 1.807) is 6.08 Å². The summed E-state index contributed by atoms with van der Waals surface area (Å²) in [5, 5.41) is 9.01. The van der Waals surface area contributed by atoms with Crippen molar-refractivity contribution in [3.63, 3.8) is 0 Å². The zero-order valence-electron chi connectivity index (χ0n) is 11.4. The lowest BCUT2D eigenvalue weighted by atomic mass is 9.83. The van der Waals surface area contributed by atoms with Crippen molar-refractivity contribution < 1.29 is 19.4 Å². The van der Waals surface area contributed by atoms with E-state index in [2.05, 4.69) is 13.8 Å². The quantitative estimate of drug-likeness (QED) is 0.786. The number of ketones is 1. The summed E-state index contributed by atoms with van der Waals surface area (Å²) in [4.78, 5) is 23.6. The molecule has 4 heteroatoms. The molecule has 2 atom stereocenters. The highest BCUT2D eigenvalue weighted by atomic mass is 16.5. The Morgan fingerprint density at radius 1 is 1.42 bits per heavy atom. The van der Waals surface area contributed by atoms with Crippen molar-refractivity contribution in [2.75, 3.05) is 6.61 Å². The van der Waals surface area contributed by atoms with Crippen LogP contribution in [0.3, 0.4) is 0 Å². The van der Waals surface area contributed by atoms with Gasteiger partial charge < -0.3 is 9.84 Å². The molecule has 0 amide bonds. The third-order valence-corrected chi connectivity index (χ3v) is 3.61. The first-order chi connectivity index (χ1) is 9.01. The van der Waals surface area contributed by atoms with Gasteiger partial charge in [0, 0.05) is 23.5 Å². The first kappa shape index (κ1) is 14.0. The summed E-state index contributed by atoms with van der Waals surface area (Å²) in [5.74, 6) is 0.0128. The molecule has 1 heterocycles. The van der Waals surface area contributed by atoms with Crippen LogP contribution in [0.15, 0.2) is 23.3 Å². The average Bonchev–Trinajstić information content (AvgIpc) is 2.69. The SMILES string of the molecule is CC(C)C[C@@H]1C=C([C@H]2CC=C(CO)C(=O)C2)C(=O)O1. The van der Waals surface area contributed by atoms with Gasteiger partial charge in [0.15, 0.2) is 5.78 Å². The first-order valence-corrected chi connectivity index (χ1v) is 6.77. The van der Waals surface area contributed by atoms with Gasteiger partial charge in [-0.2, -0.15) is 0 Å². The third kappa shape index (κ3) is 3.13. The summed E-state index contributed by atoms with van der Waals surface area (Å²) < 4.78 is 5.31. The van der Waals surface area contributed by atoms with Crippen molar-refractivity contribution in [1.82, 2.24) is 0 Å². The number of carbonyl (C=O) groups is 2. The Hall–Kier alpha value is -1.42. The average molecular weight is 264 g/mol. The van der Waals surface area contributed by atoms with Crippen molar-refractivity contribution in [2.24, 2.45) is 11.8 Å². The highest BCUT2D eigenvalue weighted by molar-refractivity contribution is 5.99. The first-order valence-electron chi connectivity index (χ1n) is 6.77. The van der Waals surface area contributed by atoms with Gasteiger partial charge in [0.25, 0.3) is 0 Å².